The summed E-state index contributed by atoms with van der Waals surface area (Å²) < 4.78 is 0. The van der Waals surface area contributed by atoms with Crippen LogP contribution in [0.25, 0.3) is 10.8 Å². The van der Waals surface area contributed by atoms with Gasteiger partial charge < -0.3 is 10.1 Å². The van der Waals surface area contributed by atoms with E-state index in [-0.39, 0.29) is 11.8 Å². The van der Waals surface area contributed by atoms with Gasteiger partial charge >= 0.3 is 0 Å². The summed E-state index contributed by atoms with van der Waals surface area (Å²) in [6.07, 6.45) is 2.22. The summed E-state index contributed by atoms with van der Waals surface area (Å²) >= 11 is 6.15. The average Bonchev–Trinajstić information content (AvgIpc) is 2.83. The molecule has 1 aliphatic rings. The standard InChI is InChI=1S/C15H17ClN2O2/c16-13-4-1-3-11-12(13)9-10(17-15(11)20)6-8-18-7-2-5-14(18)19/h1,3-4,9,14,19H,2,5-8H2,(H,17,20). The predicted molar refractivity (Wildman–Crippen MR) is 80.1 cm³/mol. The minimum absolute atomic E-state index is 0.109. The molecule has 2 heterocycles. The van der Waals surface area contributed by atoms with Gasteiger partial charge in [-0.15, -0.1) is 0 Å². The molecule has 1 aromatic carbocycles. The Bertz CT molecular complexity index is 683. The lowest BCUT2D eigenvalue weighted by Crippen LogP contribution is -2.31. The van der Waals surface area contributed by atoms with E-state index in [9.17, 15) is 9.90 Å². The quantitative estimate of drug-likeness (QED) is 0.911. The number of hydrogen-bond donors (Lipinski definition) is 2. The van der Waals surface area contributed by atoms with Crippen molar-refractivity contribution >= 4 is 22.4 Å². The van der Waals surface area contributed by atoms with Crippen LogP contribution in [0.4, 0.5) is 0 Å². The maximum absolute atomic E-state index is 12.0. The fraction of sp³-hybridized carbons (Fsp3) is 0.400. The minimum atomic E-state index is -0.342. The molecular formula is C15H17ClN2O2. The van der Waals surface area contributed by atoms with Crippen LogP contribution < -0.4 is 5.56 Å². The molecule has 2 aromatic rings. The highest BCUT2D eigenvalue weighted by molar-refractivity contribution is 6.35. The summed E-state index contributed by atoms with van der Waals surface area (Å²) in [6, 6.07) is 7.27. The zero-order valence-corrected chi connectivity index (χ0v) is 11.9. The molecule has 0 amide bonds. The summed E-state index contributed by atoms with van der Waals surface area (Å²) in [6.45, 7) is 1.66. The van der Waals surface area contributed by atoms with Gasteiger partial charge in [0.05, 0.1) is 0 Å². The van der Waals surface area contributed by atoms with Crippen molar-refractivity contribution in [3.8, 4) is 0 Å². The van der Waals surface area contributed by atoms with E-state index in [1.165, 1.54) is 0 Å². The van der Waals surface area contributed by atoms with Crippen molar-refractivity contribution in [2.24, 2.45) is 0 Å². The van der Waals surface area contributed by atoms with Crippen molar-refractivity contribution in [3.05, 3.63) is 45.3 Å². The number of nitrogens with zero attached hydrogens (tertiary/aromatic N) is 1. The molecule has 20 heavy (non-hydrogen) atoms. The van der Waals surface area contributed by atoms with E-state index in [4.69, 9.17) is 11.6 Å². The van der Waals surface area contributed by atoms with E-state index in [2.05, 4.69) is 4.98 Å². The van der Waals surface area contributed by atoms with Gasteiger partial charge in [-0.1, -0.05) is 17.7 Å². The van der Waals surface area contributed by atoms with E-state index in [0.29, 0.717) is 16.8 Å². The summed E-state index contributed by atoms with van der Waals surface area (Å²) in [7, 11) is 0. The van der Waals surface area contributed by atoms with E-state index >= 15 is 0 Å². The Hall–Kier alpha value is -1.36. The van der Waals surface area contributed by atoms with Gasteiger partial charge in [-0.25, -0.2) is 0 Å². The Labute approximate surface area is 122 Å². The fourth-order valence-corrected chi connectivity index (χ4v) is 3.00. The average molecular weight is 293 g/mol. The van der Waals surface area contributed by atoms with Crippen LogP contribution >= 0.6 is 11.6 Å². The van der Waals surface area contributed by atoms with Crippen LogP contribution in [0.1, 0.15) is 18.5 Å². The third kappa shape index (κ3) is 2.59. The van der Waals surface area contributed by atoms with Crippen LogP contribution in [-0.2, 0) is 6.42 Å². The maximum atomic E-state index is 12.0. The van der Waals surface area contributed by atoms with Gasteiger partial charge in [-0.2, -0.15) is 0 Å². The van der Waals surface area contributed by atoms with Crippen LogP contribution in [0, 0.1) is 0 Å². The van der Waals surface area contributed by atoms with Gasteiger partial charge in [0.2, 0.25) is 0 Å². The maximum Gasteiger partial charge on any atom is 0.256 e. The Morgan fingerprint density at radius 1 is 1.40 bits per heavy atom. The van der Waals surface area contributed by atoms with E-state index in [0.717, 1.165) is 37.0 Å². The topological polar surface area (TPSA) is 56.3 Å². The van der Waals surface area contributed by atoms with E-state index < -0.39 is 0 Å². The molecule has 3 rings (SSSR count). The molecule has 1 aromatic heterocycles. The lowest BCUT2D eigenvalue weighted by molar-refractivity contribution is 0.0390. The number of likely N-dealkylation sites (tertiary alicyclic amines) is 1. The van der Waals surface area contributed by atoms with Crippen molar-refractivity contribution in [1.82, 2.24) is 9.88 Å². The summed E-state index contributed by atoms with van der Waals surface area (Å²) in [4.78, 5) is 17.0. The number of benzene rings is 1. The second-order valence-electron chi connectivity index (χ2n) is 5.23. The van der Waals surface area contributed by atoms with E-state index in [1.54, 1.807) is 18.2 Å². The highest BCUT2D eigenvalue weighted by Gasteiger charge is 2.21. The smallest absolute Gasteiger partial charge is 0.256 e. The summed E-state index contributed by atoms with van der Waals surface area (Å²) in [5.74, 6) is 0. The molecule has 4 nitrogen and oxygen atoms in total. The Morgan fingerprint density at radius 3 is 3.00 bits per heavy atom. The molecule has 0 saturated carbocycles. The number of H-pyrrole nitrogens is 1. The van der Waals surface area contributed by atoms with Gasteiger partial charge in [0, 0.05) is 41.0 Å². The second-order valence-corrected chi connectivity index (χ2v) is 5.64. The molecule has 1 atom stereocenters. The number of pyridine rings is 1. The Balaban J connectivity index is 1.85. The van der Waals surface area contributed by atoms with Gasteiger partial charge in [0.15, 0.2) is 0 Å². The van der Waals surface area contributed by atoms with Crippen molar-refractivity contribution in [2.75, 3.05) is 13.1 Å². The van der Waals surface area contributed by atoms with Gasteiger partial charge in [-0.3, -0.25) is 9.69 Å². The first kappa shape index (κ1) is 13.6. The molecule has 0 bridgehead atoms. The van der Waals surface area contributed by atoms with Gasteiger partial charge in [0.25, 0.3) is 5.56 Å². The molecule has 2 N–H and O–H groups in total. The first-order chi connectivity index (χ1) is 9.65. The predicted octanol–water partition coefficient (Wildman–Crippen LogP) is 2.14. The number of aromatic amines is 1. The highest BCUT2D eigenvalue weighted by Crippen LogP contribution is 2.21. The van der Waals surface area contributed by atoms with Crippen LogP contribution in [0.2, 0.25) is 5.02 Å². The molecule has 5 heteroatoms. The molecule has 1 unspecified atom stereocenters. The van der Waals surface area contributed by atoms with Crippen molar-refractivity contribution in [1.29, 1.82) is 0 Å². The Kier molecular flexibility index (Phi) is 3.78. The number of rotatable bonds is 3. The summed E-state index contributed by atoms with van der Waals surface area (Å²) in [5, 5.41) is 11.8. The first-order valence-electron chi connectivity index (χ1n) is 6.88. The molecule has 106 valence electrons. The lowest BCUT2D eigenvalue weighted by atomic mass is 10.1. The highest BCUT2D eigenvalue weighted by atomic mass is 35.5. The minimum Gasteiger partial charge on any atom is -0.378 e. The first-order valence-corrected chi connectivity index (χ1v) is 7.25. The summed E-state index contributed by atoms with van der Waals surface area (Å²) in [5.41, 5.74) is 0.747. The third-order valence-electron chi connectivity index (χ3n) is 3.89. The van der Waals surface area contributed by atoms with Crippen molar-refractivity contribution in [2.45, 2.75) is 25.5 Å². The number of aliphatic hydroxyl groups excluding tert-OH is 1. The number of hydrogen-bond acceptors (Lipinski definition) is 3. The van der Waals surface area contributed by atoms with Crippen LogP contribution in [-0.4, -0.2) is 34.3 Å². The SMILES string of the molecule is O=c1[nH]c(CCN2CCCC2O)cc2c(Cl)cccc12. The van der Waals surface area contributed by atoms with Gasteiger partial charge in [-0.05, 0) is 31.0 Å². The molecule has 1 saturated heterocycles. The van der Waals surface area contributed by atoms with Crippen molar-refractivity contribution < 1.29 is 5.11 Å². The fourth-order valence-electron chi connectivity index (χ4n) is 2.77. The number of nitrogens with one attached hydrogen (secondary N) is 1. The number of fused-ring (bicyclic) bond motifs is 1. The number of aromatic nitrogens is 1. The van der Waals surface area contributed by atoms with Gasteiger partial charge in [0.1, 0.15) is 6.23 Å². The van der Waals surface area contributed by atoms with Crippen LogP contribution in [0.3, 0.4) is 0 Å². The molecule has 0 radical (unpaired) electrons. The van der Waals surface area contributed by atoms with Crippen LogP contribution in [0.5, 0.6) is 0 Å². The largest absolute Gasteiger partial charge is 0.378 e. The third-order valence-corrected chi connectivity index (χ3v) is 4.22. The van der Waals surface area contributed by atoms with Crippen LogP contribution in [0.15, 0.2) is 29.1 Å². The normalized spacial score (nSPS) is 19.8. The molecule has 1 aliphatic heterocycles. The monoisotopic (exact) mass is 292 g/mol. The second kappa shape index (κ2) is 5.56. The molecule has 1 fully saturated rings. The zero-order valence-electron chi connectivity index (χ0n) is 11.1. The number of aliphatic hydroxyl groups is 1. The van der Waals surface area contributed by atoms with E-state index in [1.807, 2.05) is 11.0 Å². The Morgan fingerprint density at radius 2 is 2.25 bits per heavy atom. The molecular weight excluding hydrogens is 276 g/mol. The molecule has 0 aliphatic carbocycles. The lowest BCUT2D eigenvalue weighted by Gasteiger charge is -2.19. The van der Waals surface area contributed by atoms with Crippen molar-refractivity contribution in [3.63, 3.8) is 0 Å². The molecule has 0 spiro atoms. The zero-order chi connectivity index (χ0) is 14.1. The number of halogens is 1.